The van der Waals surface area contributed by atoms with E-state index in [9.17, 15) is 14.4 Å². The van der Waals surface area contributed by atoms with E-state index in [0.717, 1.165) is 0 Å². The number of esters is 2. The van der Waals surface area contributed by atoms with Crippen molar-refractivity contribution in [2.75, 3.05) is 27.9 Å². The van der Waals surface area contributed by atoms with Crippen molar-refractivity contribution in [3.05, 3.63) is 17.7 Å². The summed E-state index contributed by atoms with van der Waals surface area (Å²) in [6.07, 6.45) is 0. The van der Waals surface area contributed by atoms with Crippen LogP contribution in [0.1, 0.15) is 17.3 Å². The van der Waals surface area contributed by atoms with Crippen LogP contribution in [0.5, 0.6) is 17.2 Å². The van der Waals surface area contributed by atoms with Gasteiger partial charge in [-0.1, -0.05) is 11.8 Å². The van der Waals surface area contributed by atoms with E-state index in [2.05, 4.69) is 4.74 Å². The average molecular weight is 357 g/mol. The van der Waals surface area contributed by atoms with E-state index >= 15 is 0 Å². The first-order valence-electron chi connectivity index (χ1n) is 6.83. The van der Waals surface area contributed by atoms with Gasteiger partial charge in [0.1, 0.15) is 5.25 Å². The summed E-state index contributed by atoms with van der Waals surface area (Å²) in [7, 11) is 4.30. The van der Waals surface area contributed by atoms with Crippen molar-refractivity contribution in [1.29, 1.82) is 0 Å². The van der Waals surface area contributed by atoms with Gasteiger partial charge in [-0.15, -0.1) is 0 Å². The first kappa shape index (κ1) is 19.8. The van der Waals surface area contributed by atoms with Crippen LogP contribution in [-0.2, 0) is 14.3 Å². The van der Waals surface area contributed by atoms with Crippen molar-refractivity contribution in [2.24, 2.45) is 5.73 Å². The van der Waals surface area contributed by atoms with Crippen molar-refractivity contribution in [2.45, 2.75) is 12.2 Å². The third-order valence-corrected chi connectivity index (χ3v) is 3.89. The molecule has 0 aromatic heterocycles. The minimum absolute atomic E-state index is 0.249. The van der Waals surface area contributed by atoms with Gasteiger partial charge in [-0.2, -0.15) is 0 Å². The number of methoxy groups -OCH3 is 3. The number of benzene rings is 1. The summed E-state index contributed by atoms with van der Waals surface area (Å²) < 4.78 is 20.0. The fourth-order valence-corrected chi connectivity index (χ4v) is 2.43. The molecule has 1 unspecified atom stereocenters. The molecule has 0 bridgehead atoms. The van der Waals surface area contributed by atoms with Crippen LogP contribution in [0.2, 0.25) is 0 Å². The smallest absolute Gasteiger partial charge is 0.327 e. The number of nitrogens with two attached hydrogens (primary N) is 1. The maximum Gasteiger partial charge on any atom is 0.327 e. The van der Waals surface area contributed by atoms with Crippen LogP contribution in [0, 0.1) is 0 Å². The van der Waals surface area contributed by atoms with Gasteiger partial charge in [0.25, 0.3) is 0 Å². The highest BCUT2D eigenvalue weighted by molar-refractivity contribution is 8.15. The lowest BCUT2D eigenvalue weighted by atomic mass is 10.2. The zero-order chi connectivity index (χ0) is 18.3. The Kier molecular flexibility index (Phi) is 7.53. The molecule has 1 aromatic carbocycles. The lowest BCUT2D eigenvalue weighted by molar-refractivity contribution is -0.157. The number of carbonyl (C=O) groups excluding carboxylic acids is 3. The molecule has 0 fully saturated rings. The van der Waals surface area contributed by atoms with Crippen molar-refractivity contribution < 1.29 is 33.3 Å². The van der Waals surface area contributed by atoms with Crippen LogP contribution in [0.25, 0.3) is 0 Å². The van der Waals surface area contributed by atoms with Crippen LogP contribution in [0.15, 0.2) is 12.1 Å². The van der Waals surface area contributed by atoms with Crippen LogP contribution < -0.4 is 19.9 Å². The maximum absolute atomic E-state index is 12.3. The number of rotatable bonds is 7. The van der Waals surface area contributed by atoms with E-state index < -0.39 is 28.8 Å². The third kappa shape index (κ3) is 4.87. The highest BCUT2D eigenvalue weighted by atomic mass is 32.2. The average Bonchev–Trinajstić information content (AvgIpc) is 2.59. The Hall–Kier alpha value is -2.26. The third-order valence-electron chi connectivity index (χ3n) is 2.90. The number of hydrogen-bond donors (Lipinski definition) is 1. The van der Waals surface area contributed by atoms with Gasteiger partial charge in [0.15, 0.2) is 11.5 Å². The van der Waals surface area contributed by atoms with E-state index in [-0.39, 0.29) is 5.56 Å². The zero-order valence-corrected chi connectivity index (χ0v) is 14.6. The van der Waals surface area contributed by atoms with E-state index in [1.807, 2.05) is 0 Å². The minimum Gasteiger partial charge on any atom is -0.493 e. The molecule has 132 valence electrons. The van der Waals surface area contributed by atoms with Gasteiger partial charge in [-0.25, -0.2) is 0 Å². The second kappa shape index (κ2) is 9.14. The van der Waals surface area contributed by atoms with Crippen LogP contribution in [-0.4, -0.2) is 50.2 Å². The van der Waals surface area contributed by atoms with E-state index in [0.29, 0.717) is 29.0 Å². The topological polar surface area (TPSA) is 114 Å². The van der Waals surface area contributed by atoms with Gasteiger partial charge in [0.05, 0.1) is 27.9 Å². The zero-order valence-electron chi connectivity index (χ0n) is 13.8. The van der Waals surface area contributed by atoms with Gasteiger partial charge >= 0.3 is 11.9 Å². The first-order chi connectivity index (χ1) is 11.4. The predicted molar refractivity (Wildman–Crippen MR) is 87.6 cm³/mol. The van der Waals surface area contributed by atoms with Gasteiger partial charge in [0.2, 0.25) is 10.9 Å². The maximum atomic E-state index is 12.3. The van der Waals surface area contributed by atoms with Crippen molar-refractivity contribution in [3.63, 3.8) is 0 Å². The van der Waals surface area contributed by atoms with Gasteiger partial charge in [-0.3, -0.25) is 14.4 Å². The molecule has 0 saturated heterocycles. The van der Waals surface area contributed by atoms with E-state index in [1.165, 1.54) is 40.4 Å². The molecule has 0 aliphatic heterocycles. The summed E-state index contributed by atoms with van der Waals surface area (Å²) in [5.74, 6) is -0.713. The molecule has 1 aromatic rings. The second-order valence-electron chi connectivity index (χ2n) is 4.46. The largest absolute Gasteiger partial charge is 0.493 e. The molecule has 8 nitrogen and oxygen atoms in total. The van der Waals surface area contributed by atoms with Crippen LogP contribution in [0.4, 0.5) is 0 Å². The molecule has 24 heavy (non-hydrogen) atoms. The fraction of sp³-hybridized carbons (Fsp3) is 0.400. The lowest BCUT2D eigenvalue weighted by Crippen LogP contribution is -2.26. The molecule has 0 amide bonds. The standard InChI is InChI=1S/C15H19NO7S/c1-8(14(18)23-12(17)7-16)24-15(19)9-5-10(20-2)13(22-4)11(6-9)21-3/h5-6,8H,7,16H2,1-4H3. The van der Waals surface area contributed by atoms with Gasteiger partial charge in [0, 0.05) is 5.56 Å². The fourth-order valence-electron chi connectivity index (χ4n) is 1.71. The Balaban J connectivity index is 2.95. The molecule has 9 heteroatoms. The van der Waals surface area contributed by atoms with E-state index in [1.54, 1.807) is 0 Å². The van der Waals surface area contributed by atoms with Crippen molar-refractivity contribution in [1.82, 2.24) is 0 Å². The Labute approximate surface area is 143 Å². The highest BCUT2D eigenvalue weighted by Gasteiger charge is 2.24. The Morgan fingerprint density at radius 2 is 1.62 bits per heavy atom. The highest BCUT2D eigenvalue weighted by Crippen LogP contribution is 2.39. The summed E-state index contributed by atoms with van der Waals surface area (Å²) >= 11 is 0.707. The monoisotopic (exact) mass is 357 g/mol. The van der Waals surface area contributed by atoms with Crippen LogP contribution >= 0.6 is 11.8 Å². The molecular weight excluding hydrogens is 338 g/mol. The molecule has 0 aliphatic rings. The first-order valence-corrected chi connectivity index (χ1v) is 7.71. The molecule has 0 heterocycles. The summed E-state index contributed by atoms with van der Waals surface area (Å²) in [6.45, 7) is 1.04. The molecule has 0 spiro atoms. The molecule has 0 saturated carbocycles. The van der Waals surface area contributed by atoms with Gasteiger partial charge < -0.3 is 24.7 Å². The van der Waals surface area contributed by atoms with Crippen molar-refractivity contribution >= 4 is 28.8 Å². The SMILES string of the molecule is COc1cc(C(=O)SC(C)C(=O)OC(=O)CN)cc(OC)c1OC. The summed E-state index contributed by atoms with van der Waals surface area (Å²) in [5.41, 5.74) is 5.31. The summed E-state index contributed by atoms with van der Waals surface area (Å²) in [5, 5.41) is -1.30. The molecule has 0 radical (unpaired) electrons. The molecule has 0 aliphatic carbocycles. The van der Waals surface area contributed by atoms with E-state index in [4.69, 9.17) is 19.9 Å². The Morgan fingerprint density at radius 1 is 1.08 bits per heavy atom. The summed E-state index contributed by atoms with van der Waals surface area (Å²) in [4.78, 5) is 35.0. The second-order valence-corrected chi connectivity index (χ2v) is 5.77. The van der Waals surface area contributed by atoms with Crippen LogP contribution in [0.3, 0.4) is 0 Å². The molecule has 1 rings (SSSR count). The normalized spacial score (nSPS) is 11.4. The number of carbonyl (C=O) groups is 3. The molecule has 2 N–H and O–H groups in total. The Morgan fingerprint density at radius 3 is 2.04 bits per heavy atom. The number of thioether (sulfide) groups is 1. The molecule has 1 atom stereocenters. The quantitative estimate of drug-likeness (QED) is 0.564. The van der Waals surface area contributed by atoms with Crippen molar-refractivity contribution in [3.8, 4) is 17.2 Å². The Bertz CT molecular complexity index is 607. The number of hydrogen-bond acceptors (Lipinski definition) is 9. The summed E-state index contributed by atoms with van der Waals surface area (Å²) in [6, 6.07) is 2.94. The number of ether oxygens (including phenoxy) is 4. The molecular formula is C15H19NO7S. The van der Waals surface area contributed by atoms with Gasteiger partial charge in [-0.05, 0) is 19.1 Å². The minimum atomic E-state index is -0.882. The predicted octanol–water partition coefficient (Wildman–Crippen LogP) is 1.00. The lowest BCUT2D eigenvalue weighted by Gasteiger charge is -2.14.